The van der Waals surface area contributed by atoms with E-state index in [0.29, 0.717) is 31.2 Å². The van der Waals surface area contributed by atoms with Crippen LogP contribution < -0.4 is 9.64 Å². The average Bonchev–Trinajstić information content (AvgIpc) is 3.27. The maximum absolute atomic E-state index is 7.38. The third kappa shape index (κ3) is 3.81. The van der Waals surface area contributed by atoms with E-state index in [0.717, 1.165) is 41.3 Å². The maximum Gasteiger partial charge on any atom is 0.250 e. The molecule has 4 aromatic rings. The van der Waals surface area contributed by atoms with E-state index >= 15 is 0 Å². The Kier molecular flexibility index (Phi) is 5.21. The van der Waals surface area contributed by atoms with Crippen molar-refractivity contribution in [3.8, 4) is 16.9 Å². The molecule has 7 nitrogen and oxygen atoms in total. The van der Waals surface area contributed by atoms with Gasteiger partial charge in [-0.05, 0) is 23.3 Å². The molecule has 0 N–H and O–H groups in total. The molecule has 1 aliphatic rings. The van der Waals surface area contributed by atoms with Gasteiger partial charge in [0.05, 0.1) is 26.0 Å². The van der Waals surface area contributed by atoms with Gasteiger partial charge < -0.3 is 14.4 Å². The van der Waals surface area contributed by atoms with Crippen LogP contribution in [0.3, 0.4) is 0 Å². The number of hydrogen-bond donors (Lipinski definition) is 0. The van der Waals surface area contributed by atoms with Crippen molar-refractivity contribution in [2.75, 3.05) is 31.2 Å². The first-order valence-electron chi connectivity index (χ1n) is 10.2. The summed E-state index contributed by atoms with van der Waals surface area (Å²) in [6, 6.07) is 18.1. The van der Waals surface area contributed by atoms with E-state index in [1.165, 1.54) is 0 Å². The second kappa shape index (κ2) is 8.46. The van der Waals surface area contributed by atoms with Gasteiger partial charge in [0.15, 0.2) is 5.65 Å². The van der Waals surface area contributed by atoms with Gasteiger partial charge >= 0.3 is 0 Å². The highest BCUT2D eigenvalue weighted by molar-refractivity contribution is 5.80. The largest absolute Gasteiger partial charge is 0.489 e. The fourth-order valence-electron chi connectivity index (χ4n) is 3.74. The number of aromatic nitrogens is 3. The summed E-state index contributed by atoms with van der Waals surface area (Å²) in [4.78, 5) is 10.3. The van der Waals surface area contributed by atoms with E-state index in [4.69, 9.17) is 16.0 Å². The quantitative estimate of drug-likeness (QED) is 0.457. The molecule has 0 amide bonds. The molecule has 0 bridgehead atoms. The first-order valence-corrected chi connectivity index (χ1v) is 10.2. The number of anilines is 1. The highest BCUT2D eigenvalue weighted by Crippen LogP contribution is 2.34. The van der Waals surface area contributed by atoms with Crippen LogP contribution in [0.1, 0.15) is 5.56 Å². The first kappa shape index (κ1) is 19.1. The van der Waals surface area contributed by atoms with Crippen molar-refractivity contribution in [3.63, 3.8) is 0 Å². The third-order valence-corrected chi connectivity index (χ3v) is 5.33. The second-order valence-corrected chi connectivity index (χ2v) is 7.27. The topological polar surface area (TPSA) is 56.2 Å². The lowest BCUT2D eigenvalue weighted by molar-refractivity contribution is 0.122. The highest BCUT2D eigenvalue weighted by Gasteiger charge is 2.21. The Labute approximate surface area is 180 Å². The molecule has 154 valence electrons. The number of fused-ring (bicyclic) bond motifs is 1. The predicted octanol–water partition coefficient (Wildman–Crippen LogP) is 4.36. The lowest BCUT2D eigenvalue weighted by Crippen LogP contribution is -2.37. The van der Waals surface area contributed by atoms with Crippen molar-refractivity contribution in [1.82, 2.24) is 14.6 Å². The van der Waals surface area contributed by atoms with Gasteiger partial charge in [0, 0.05) is 24.8 Å². The SMILES string of the molecule is [C-]#[N+]c1cnn2c(N3CCOCC3)c(-c3ccc(OCc4ccccc4)cc3)cnc12. The molecule has 0 saturated carbocycles. The summed E-state index contributed by atoms with van der Waals surface area (Å²) >= 11 is 0. The van der Waals surface area contributed by atoms with Crippen LogP contribution in [0.4, 0.5) is 11.5 Å². The van der Waals surface area contributed by atoms with Crippen LogP contribution in [0.15, 0.2) is 67.0 Å². The molecule has 7 heteroatoms. The maximum atomic E-state index is 7.38. The van der Waals surface area contributed by atoms with Gasteiger partial charge in [-0.1, -0.05) is 42.5 Å². The zero-order chi connectivity index (χ0) is 21.0. The summed E-state index contributed by atoms with van der Waals surface area (Å²) in [6.45, 7) is 10.8. The van der Waals surface area contributed by atoms with Crippen molar-refractivity contribution < 1.29 is 9.47 Å². The molecule has 1 saturated heterocycles. The van der Waals surface area contributed by atoms with Gasteiger partial charge in [0.25, 0.3) is 0 Å². The van der Waals surface area contributed by atoms with Crippen LogP contribution >= 0.6 is 0 Å². The first-order chi connectivity index (χ1) is 15.3. The van der Waals surface area contributed by atoms with Gasteiger partial charge in [-0.3, -0.25) is 0 Å². The van der Waals surface area contributed by atoms with E-state index in [2.05, 4.69) is 19.8 Å². The minimum Gasteiger partial charge on any atom is -0.489 e. The standard InChI is InChI=1S/C24H21N5O2/c1-25-22-16-27-29-23(22)26-15-21(24(29)28-11-13-30-14-12-28)19-7-9-20(10-8-19)31-17-18-5-3-2-4-6-18/h2-10,15-16H,11-14,17H2. The Morgan fingerprint density at radius 3 is 2.52 bits per heavy atom. The fourth-order valence-corrected chi connectivity index (χ4v) is 3.74. The zero-order valence-electron chi connectivity index (χ0n) is 16.9. The van der Waals surface area contributed by atoms with E-state index in [1.807, 2.05) is 60.8 Å². The molecule has 1 fully saturated rings. The second-order valence-electron chi connectivity index (χ2n) is 7.27. The number of hydrogen-bond acceptors (Lipinski definition) is 5. The number of ether oxygens (including phenoxy) is 2. The van der Waals surface area contributed by atoms with Crippen molar-refractivity contribution in [2.24, 2.45) is 0 Å². The van der Waals surface area contributed by atoms with Crippen LogP contribution in [0, 0.1) is 6.57 Å². The molecule has 0 radical (unpaired) electrons. The van der Waals surface area contributed by atoms with Crippen molar-refractivity contribution in [3.05, 3.63) is 84.0 Å². The monoisotopic (exact) mass is 411 g/mol. The molecule has 0 unspecified atom stereocenters. The molecule has 0 spiro atoms. The Morgan fingerprint density at radius 2 is 1.77 bits per heavy atom. The van der Waals surface area contributed by atoms with Gasteiger partial charge in [-0.15, -0.1) is 0 Å². The number of rotatable bonds is 5. The fraction of sp³-hybridized carbons (Fsp3) is 0.208. The summed E-state index contributed by atoms with van der Waals surface area (Å²) in [7, 11) is 0. The van der Waals surface area contributed by atoms with E-state index in [1.54, 1.807) is 10.7 Å². The average molecular weight is 411 g/mol. The van der Waals surface area contributed by atoms with Crippen molar-refractivity contribution >= 4 is 17.2 Å². The molecule has 31 heavy (non-hydrogen) atoms. The van der Waals surface area contributed by atoms with Crippen LogP contribution in [-0.2, 0) is 11.3 Å². The molecule has 5 rings (SSSR count). The summed E-state index contributed by atoms with van der Waals surface area (Å²) in [6.07, 6.45) is 3.40. The molecule has 0 aliphatic carbocycles. The van der Waals surface area contributed by atoms with Crippen LogP contribution in [0.5, 0.6) is 5.75 Å². The van der Waals surface area contributed by atoms with E-state index in [9.17, 15) is 0 Å². The molecule has 3 heterocycles. The molecule has 1 aliphatic heterocycles. The van der Waals surface area contributed by atoms with Crippen LogP contribution in [0.25, 0.3) is 21.6 Å². The van der Waals surface area contributed by atoms with Gasteiger partial charge in [-0.2, -0.15) is 5.10 Å². The Bertz CT molecular complexity index is 1220. The van der Waals surface area contributed by atoms with Crippen LogP contribution in [0.2, 0.25) is 0 Å². The lowest BCUT2D eigenvalue weighted by Gasteiger charge is -2.30. The Balaban J connectivity index is 1.48. The number of nitrogens with zero attached hydrogens (tertiary/aromatic N) is 5. The minimum absolute atomic E-state index is 0.450. The number of benzene rings is 2. The van der Waals surface area contributed by atoms with Gasteiger partial charge in [-0.25, -0.2) is 14.3 Å². The minimum atomic E-state index is 0.450. The van der Waals surface area contributed by atoms with E-state index < -0.39 is 0 Å². The smallest absolute Gasteiger partial charge is 0.250 e. The number of morpholine rings is 1. The summed E-state index contributed by atoms with van der Waals surface area (Å²) in [5, 5.41) is 4.46. The van der Waals surface area contributed by atoms with Crippen molar-refractivity contribution in [1.29, 1.82) is 0 Å². The van der Waals surface area contributed by atoms with Gasteiger partial charge in [0.2, 0.25) is 5.69 Å². The lowest BCUT2D eigenvalue weighted by atomic mass is 10.1. The normalized spacial score (nSPS) is 13.8. The van der Waals surface area contributed by atoms with E-state index in [-0.39, 0.29) is 0 Å². The predicted molar refractivity (Wildman–Crippen MR) is 118 cm³/mol. The third-order valence-electron chi connectivity index (χ3n) is 5.33. The molecular weight excluding hydrogens is 390 g/mol. The van der Waals surface area contributed by atoms with Crippen molar-refractivity contribution in [2.45, 2.75) is 6.61 Å². The van der Waals surface area contributed by atoms with Gasteiger partial charge in [0.1, 0.15) is 18.2 Å². The molecule has 2 aromatic heterocycles. The Morgan fingerprint density at radius 1 is 1.00 bits per heavy atom. The summed E-state index contributed by atoms with van der Waals surface area (Å²) in [5.74, 6) is 1.74. The molecular formula is C24H21N5O2. The summed E-state index contributed by atoms with van der Waals surface area (Å²) in [5.41, 5.74) is 4.13. The molecule has 2 aromatic carbocycles. The highest BCUT2D eigenvalue weighted by atomic mass is 16.5. The summed E-state index contributed by atoms with van der Waals surface area (Å²) < 4.78 is 13.2. The molecule has 0 atom stereocenters. The zero-order valence-corrected chi connectivity index (χ0v) is 16.9. The van der Waals surface area contributed by atoms with Crippen LogP contribution in [-0.4, -0.2) is 40.9 Å². The Hall–Kier alpha value is -3.89.